The Kier molecular flexibility index (Phi) is 7.35. The summed E-state index contributed by atoms with van der Waals surface area (Å²) < 4.78 is 0. The topological polar surface area (TPSA) is 69.6 Å². The summed E-state index contributed by atoms with van der Waals surface area (Å²) in [5, 5.41) is 20.5. The molecule has 0 heterocycles. The van der Waals surface area contributed by atoms with E-state index in [2.05, 4.69) is 5.32 Å². The van der Waals surface area contributed by atoms with Gasteiger partial charge in [0.15, 0.2) is 0 Å². The molecule has 0 amide bonds. The lowest BCUT2D eigenvalue weighted by atomic mass is 10.1. The molecule has 3 N–H and O–H groups in total. The molecule has 1 rings (SSSR count). The first-order chi connectivity index (χ1) is 9.22. The SMILES string of the molecule is O=C(O)C=Cc1ccc(NCCCCCCO)cc1. The van der Waals surface area contributed by atoms with Crippen molar-refractivity contribution in [1.82, 2.24) is 0 Å². The van der Waals surface area contributed by atoms with Crippen LogP contribution in [0.1, 0.15) is 31.2 Å². The van der Waals surface area contributed by atoms with Gasteiger partial charge < -0.3 is 15.5 Å². The van der Waals surface area contributed by atoms with Gasteiger partial charge in [-0.15, -0.1) is 0 Å². The van der Waals surface area contributed by atoms with Gasteiger partial charge in [0, 0.05) is 24.9 Å². The Morgan fingerprint density at radius 3 is 2.42 bits per heavy atom. The highest BCUT2D eigenvalue weighted by atomic mass is 16.4. The molecular formula is C15H21NO3. The van der Waals surface area contributed by atoms with Crippen molar-refractivity contribution in [2.75, 3.05) is 18.5 Å². The molecule has 0 saturated carbocycles. The maximum atomic E-state index is 10.4. The number of aliphatic hydroxyl groups excluding tert-OH is 1. The van der Waals surface area contributed by atoms with Crippen LogP contribution in [0, 0.1) is 0 Å². The first kappa shape index (κ1) is 15.2. The van der Waals surface area contributed by atoms with Gasteiger partial charge in [-0.1, -0.05) is 25.0 Å². The summed E-state index contributed by atoms with van der Waals surface area (Å²) in [6.07, 6.45) is 6.85. The lowest BCUT2D eigenvalue weighted by Crippen LogP contribution is -2.01. The van der Waals surface area contributed by atoms with Crippen LogP contribution in [0.3, 0.4) is 0 Å². The van der Waals surface area contributed by atoms with Crippen molar-refractivity contribution in [3.05, 3.63) is 35.9 Å². The zero-order valence-electron chi connectivity index (χ0n) is 11.0. The van der Waals surface area contributed by atoms with Crippen molar-refractivity contribution < 1.29 is 15.0 Å². The highest BCUT2D eigenvalue weighted by Gasteiger charge is 1.94. The molecule has 4 heteroatoms. The van der Waals surface area contributed by atoms with E-state index in [-0.39, 0.29) is 6.61 Å². The Balaban J connectivity index is 2.26. The summed E-state index contributed by atoms with van der Waals surface area (Å²) in [6.45, 7) is 1.19. The molecule has 0 aliphatic carbocycles. The van der Waals surface area contributed by atoms with Gasteiger partial charge in [0.25, 0.3) is 0 Å². The lowest BCUT2D eigenvalue weighted by Gasteiger charge is -2.06. The fourth-order valence-electron chi connectivity index (χ4n) is 1.70. The molecule has 0 aliphatic heterocycles. The summed E-state index contributed by atoms with van der Waals surface area (Å²) >= 11 is 0. The van der Waals surface area contributed by atoms with Crippen LogP contribution in [0.25, 0.3) is 6.08 Å². The van der Waals surface area contributed by atoms with E-state index in [0.29, 0.717) is 0 Å². The molecule has 19 heavy (non-hydrogen) atoms. The number of aliphatic hydroxyl groups is 1. The van der Waals surface area contributed by atoms with Crippen molar-refractivity contribution in [3.8, 4) is 0 Å². The molecule has 0 radical (unpaired) electrons. The minimum absolute atomic E-state index is 0.277. The molecule has 0 unspecified atom stereocenters. The number of hydrogen-bond donors (Lipinski definition) is 3. The number of benzene rings is 1. The Hall–Kier alpha value is -1.81. The average molecular weight is 263 g/mol. The van der Waals surface area contributed by atoms with E-state index in [1.165, 1.54) is 0 Å². The zero-order chi connectivity index (χ0) is 13.9. The molecule has 104 valence electrons. The van der Waals surface area contributed by atoms with Gasteiger partial charge in [0.2, 0.25) is 0 Å². The zero-order valence-corrected chi connectivity index (χ0v) is 11.0. The third kappa shape index (κ3) is 7.26. The standard InChI is InChI=1S/C15H21NO3/c17-12-4-2-1-3-11-16-14-8-5-13(6-9-14)7-10-15(18)19/h5-10,16-17H,1-4,11-12H2,(H,18,19). The lowest BCUT2D eigenvalue weighted by molar-refractivity contribution is -0.131. The van der Waals surface area contributed by atoms with Gasteiger partial charge in [0.05, 0.1) is 0 Å². The number of aliphatic carboxylic acids is 1. The normalized spacial score (nSPS) is 10.8. The first-order valence-corrected chi connectivity index (χ1v) is 6.58. The van der Waals surface area contributed by atoms with E-state index < -0.39 is 5.97 Å². The van der Waals surface area contributed by atoms with Gasteiger partial charge in [-0.25, -0.2) is 4.79 Å². The molecule has 4 nitrogen and oxygen atoms in total. The van der Waals surface area contributed by atoms with Crippen LogP contribution in [0.15, 0.2) is 30.3 Å². The van der Waals surface area contributed by atoms with E-state index in [0.717, 1.165) is 49.6 Å². The summed E-state index contributed by atoms with van der Waals surface area (Å²) in [5.74, 6) is -0.940. The predicted molar refractivity (Wildman–Crippen MR) is 77.2 cm³/mol. The average Bonchev–Trinajstić information content (AvgIpc) is 2.41. The van der Waals surface area contributed by atoms with E-state index >= 15 is 0 Å². The summed E-state index contributed by atoms with van der Waals surface area (Å²) in [5.41, 5.74) is 1.91. The van der Waals surface area contributed by atoms with Gasteiger partial charge in [-0.05, 0) is 36.6 Å². The quantitative estimate of drug-likeness (QED) is 0.473. The number of rotatable bonds is 9. The molecule has 0 bridgehead atoms. The van der Waals surface area contributed by atoms with Crippen LogP contribution in [-0.4, -0.2) is 29.3 Å². The molecule has 0 saturated heterocycles. The summed E-state index contributed by atoms with van der Waals surface area (Å²) in [4.78, 5) is 10.4. The van der Waals surface area contributed by atoms with Gasteiger partial charge in [-0.2, -0.15) is 0 Å². The van der Waals surface area contributed by atoms with Crippen LogP contribution >= 0.6 is 0 Å². The Morgan fingerprint density at radius 2 is 1.79 bits per heavy atom. The second-order valence-corrected chi connectivity index (χ2v) is 4.36. The van der Waals surface area contributed by atoms with Gasteiger partial charge in [-0.3, -0.25) is 0 Å². The van der Waals surface area contributed by atoms with Crippen molar-refractivity contribution in [2.24, 2.45) is 0 Å². The van der Waals surface area contributed by atoms with Gasteiger partial charge >= 0.3 is 5.97 Å². The molecule has 0 fully saturated rings. The first-order valence-electron chi connectivity index (χ1n) is 6.58. The maximum absolute atomic E-state index is 10.4. The third-order valence-corrected chi connectivity index (χ3v) is 2.74. The maximum Gasteiger partial charge on any atom is 0.328 e. The van der Waals surface area contributed by atoms with Crippen LogP contribution < -0.4 is 5.32 Å². The number of unbranched alkanes of at least 4 members (excludes halogenated alkanes) is 3. The summed E-state index contributed by atoms with van der Waals surface area (Å²) in [6, 6.07) is 7.64. The number of nitrogens with one attached hydrogen (secondary N) is 1. The largest absolute Gasteiger partial charge is 0.478 e. The van der Waals surface area contributed by atoms with Gasteiger partial charge in [0.1, 0.15) is 0 Å². The minimum Gasteiger partial charge on any atom is -0.478 e. The molecule has 1 aromatic rings. The Labute approximate surface area is 113 Å². The molecule has 0 aliphatic rings. The number of carboxylic acid groups (broad SMARTS) is 1. The Morgan fingerprint density at radius 1 is 1.11 bits per heavy atom. The third-order valence-electron chi connectivity index (χ3n) is 2.74. The van der Waals surface area contributed by atoms with E-state index in [9.17, 15) is 4.79 Å². The highest BCUT2D eigenvalue weighted by Crippen LogP contribution is 2.11. The minimum atomic E-state index is -0.940. The number of carboxylic acids is 1. The van der Waals surface area contributed by atoms with Crippen LogP contribution in [-0.2, 0) is 4.79 Å². The highest BCUT2D eigenvalue weighted by molar-refractivity contribution is 5.85. The van der Waals surface area contributed by atoms with Crippen molar-refractivity contribution in [3.63, 3.8) is 0 Å². The fraction of sp³-hybridized carbons (Fsp3) is 0.400. The summed E-state index contributed by atoms with van der Waals surface area (Å²) in [7, 11) is 0. The van der Waals surface area contributed by atoms with E-state index in [4.69, 9.17) is 10.2 Å². The van der Waals surface area contributed by atoms with Crippen LogP contribution in [0.4, 0.5) is 5.69 Å². The van der Waals surface area contributed by atoms with E-state index in [1.54, 1.807) is 6.08 Å². The monoisotopic (exact) mass is 263 g/mol. The van der Waals surface area contributed by atoms with Crippen molar-refractivity contribution in [2.45, 2.75) is 25.7 Å². The molecule has 0 atom stereocenters. The van der Waals surface area contributed by atoms with Crippen LogP contribution in [0.2, 0.25) is 0 Å². The second kappa shape index (κ2) is 9.16. The number of anilines is 1. The smallest absolute Gasteiger partial charge is 0.328 e. The molecular weight excluding hydrogens is 242 g/mol. The molecule has 1 aromatic carbocycles. The van der Waals surface area contributed by atoms with Crippen molar-refractivity contribution >= 4 is 17.7 Å². The number of carbonyl (C=O) groups is 1. The Bertz CT molecular complexity index is 398. The van der Waals surface area contributed by atoms with Crippen molar-refractivity contribution in [1.29, 1.82) is 0 Å². The number of hydrogen-bond acceptors (Lipinski definition) is 3. The van der Waals surface area contributed by atoms with Crippen LogP contribution in [0.5, 0.6) is 0 Å². The predicted octanol–water partition coefficient (Wildman–Crippen LogP) is 2.75. The van der Waals surface area contributed by atoms with E-state index in [1.807, 2.05) is 24.3 Å². The second-order valence-electron chi connectivity index (χ2n) is 4.36. The molecule has 0 aromatic heterocycles. The molecule has 0 spiro atoms. The fourth-order valence-corrected chi connectivity index (χ4v) is 1.70.